The average molecular weight is 335 g/mol. The maximum atomic E-state index is 13.8. The van der Waals surface area contributed by atoms with E-state index in [1.54, 1.807) is 12.1 Å². The van der Waals surface area contributed by atoms with Gasteiger partial charge in [-0.25, -0.2) is 4.39 Å². The van der Waals surface area contributed by atoms with Crippen LogP contribution in [0.2, 0.25) is 5.02 Å². The predicted octanol–water partition coefficient (Wildman–Crippen LogP) is 4.62. The molecule has 4 heteroatoms. The van der Waals surface area contributed by atoms with Crippen LogP contribution in [0, 0.1) is 5.82 Å². The van der Waals surface area contributed by atoms with Crippen LogP contribution < -0.4 is 0 Å². The molecular formula is C14H18BrClFN. The molecule has 18 heavy (non-hydrogen) atoms. The first-order valence-electron chi connectivity index (χ1n) is 6.45. The minimum absolute atomic E-state index is 0.186. The number of rotatable bonds is 5. The molecule has 1 unspecified atom stereocenters. The Morgan fingerprint density at radius 1 is 1.44 bits per heavy atom. The molecule has 1 aliphatic rings. The third kappa shape index (κ3) is 3.46. The summed E-state index contributed by atoms with van der Waals surface area (Å²) in [5, 5.41) is 1.58. The van der Waals surface area contributed by atoms with E-state index < -0.39 is 0 Å². The van der Waals surface area contributed by atoms with Crippen LogP contribution >= 0.6 is 27.5 Å². The summed E-state index contributed by atoms with van der Waals surface area (Å²) < 4.78 is 13.8. The molecule has 0 saturated carbocycles. The van der Waals surface area contributed by atoms with Gasteiger partial charge in [-0.15, -0.1) is 0 Å². The summed E-state index contributed by atoms with van der Waals surface area (Å²) in [6.07, 6.45) is 4.78. The Hall–Kier alpha value is -0.120. The topological polar surface area (TPSA) is 3.24 Å². The van der Waals surface area contributed by atoms with Crippen molar-refractivity contribution in [1.29, 1.82) is 0 Å². The number of hydrogen-bond acceptors (Lipinski definition) is 1. The second kappa shape index (κ2) is 6.88. The van der Waals surface area contributed by atoms with E-state index in [1.807, 2.05) is 0 Å². The molecule has 1 fully saturated rings. The molecule has 0 N–H and O–H groups in total. The van der Waals surface area contributed by atoms with Crippen LogP contribution in [0.1, 0.15) is 31.2 Å². The fraction of sp³-hybridized carbons (Fsp3) is 0.571. The van der Waals surface area contributed by atoms with E-state index in [-0.39, 0.29) is 5.82 Å². The first-order chi connectivity index (χ1) is 8.72. The first kappa shape index (κ1) is 14.3. The second-order valence-electron chi connectivity index (χ2n) is 4.80. The number of nitrogens with zero attached hydrogens (tertiary/aromatic N) is 1. The fourth-order valence-corrected chi connectivity index (χ4v) is 3.18. The summed E-state index contributed by atoms with van der Waals surface area (Å²) in [5.74, 6) is -0.186. The Bertz CT molecular complexity index is 379. The summed E-state index contributed by atoms with van der Waals surface area (Å²) in [7, 11) is 0. The molecule has 1 saturated heterocycles. The van der Waals surface area contributed by atoms with Crippen LogP contribution in [0.25, 0.3) is 0 Å². The van der Waals surface area contributed by atoms with E-state index in [9.17, 15) is 4.39 Å². The SMILES string of the molecule is Fc1cccc(Cl)c1CN1CCCC1CCCBr. The Kier molecular flexibility index (Phi) is 5.46. The second-order valence-corrected chi connectivity index (χ2v) is 6.00. The minimum atomic E-state index is -0.186. The highest BCUT2D eigenvalue weighted by Crippen LogP contribution is 2.27. The molecule has 1 aromatic carbocycles. The van der Waals surface area contributed by atoms with E-state index in [0.717, 1.165) is 11.9 Å². The van der Waals surface area contributed by atoms with Gasteiger partial charge in [0.05, 0.1) is 0 Å². The molecule has 0 bridgehead atoms. The zero-order valence-electron chi connectivity index (χ0n) is 10.3. The third-order valence-corrected chi connectivity index (χ3v) is 4.51. The summed E-state index contributed by atoms with van der Waals surface area (Å²) in [4.78, 5) is 2.37. The maximum Gasteiger partial charge on any atom is 0.129 e. The lowest BCUT2D eigenvalue weighted by molar-refractivity contribution is 0.231. The quantitative estimate of drug-likeness (QED) is 0.710. The summed E-state index contributed by atoms with van der Waals surface area (Å²) >= 11 is 9.55. The van der Waals surface area contributed by atoms with Crippen LogP contribution in [0.4, 0.5) is 4.39 Å². The molecule has 0 aliphatic carbocycles. The number of hydrogen-bond donors (Lipinski definition) is 0. The zero-order chi connectivity index (χ0) is 13.0. The van der Waals surface area contributed by atoms with Gasteiger partial charge in [0.15, 0.2) is 0 Å². The van der Waals surface area contributed by atoms with Crippen LogP contribution in [0.5, 0.6) is 0 Å². The summed E-state index contributed by atoms with van der Waals surface area (Å²) in [6, 6.07) is 5.50. The van der Waals surface area contributed by atoms with Gasteiger partial charge in [0.2, 0.25) is 0 Å². The molecule has 0 spiro atoms. The summed E-state index contributed by atoms with van der Waals surface area (Å²) in [6.45, 7) is 1.69. The van der Waals surface area contributed by atoms with Gasteiger partial charge >= 0.3 is 0 Å². The standard InChI is InChI=1S/C14H18BrClFN/c15-8-2-4-11-5-3-9-18(11)10-12-13(16)6-1-7-14(12)17/h1,6-7,11H,2-5,8-10H2. The molecule has 0 radical (unpaired) electrons. The van der Waals surface area contributed by atoms with E-state index in [1.165, 1.54) is 31.7 Å². The van der Waals surface area contributed by atoms with Crippen molar-refractivity contribution >= 4 is 27.5 Å². The van der Waals surface area contributed by atoms with Crippen molar-refractivity contribution in [3.8, 4) is 0 Å². The molecule has 100 valence electrons. The van der Waals surface area contributed by atoms with Crippen molar-refractivity contribution in [2.45, 2.75) is 38.3 Å². The van der Waals surface area contributed by atoms with Crippen molar-refractivity contribution in [2.24, 2.45) is 0 Å². The highest BCUT2D eigenvalue weighted by atomic mass is 79.9. The lowest BCUT2D eigenvalue weighted by atomic mass is 10.1. The Labute approximate surface area is 121 Å². The molecule has 2 rings (SSSR count). The zero-order valence-corrected chi connectivity index (χ0v) is 12.7. The van der Waals surface area contributed by atoms with Gasteiger partial charge in [-0.2, -0.15) is 0 Å². The van der Waals surface area contributed by atoms with Crippen LogP contribution in [0.3, 0.4) is 0 Å². The normalized spacial score (nSPS) is 20.5. The van der Waals surface area contributed by atoms with Gasteiger partial charge in [0.25, 0.3) is 0 Å². The van der Waals surface area contributed by atoms with Crippen molar-refractivity contribution in [3.05, 3.63) is 34.6 Å². The van der Waals surface area contributed by atoms with Gasteiger partial charge in [0.1, 0.15) is 5.82 Å². The highest BCUT2D eigenvalue weighted by molar-refractivity contribution is 9.09. The number of benzene rings is 1. The third-order valence-electron chi connectivity index (χ3n) is 3.59. The fourth-order valence-electron chi connectivity index (χ4n) is 2.63. The highest BCUT2D eigenvalue weighted by Gasteiger charge is 2.25. The van der Waals surface area contributed by atoms with Crippen molar-refractivity contribution in [2.75, 3.05) is 11.9 Å². The van der Waals surface area contributed by atoms with E-state index in [2.05, 4.69) is 20.8 Å². The van der Waals surface area contributed by atoms with Gasteiger partial charge < -0.3 is 0 Å². The van der Waals surface area contributed by atoms with E-state index in [4.69, 9.17) is 11.6 Å². The lowest BCUT2D eigenvalue weighted by Gasteiger charge is -2.25. The Balaban J connectivity index is 2.03. The van der Waals surface area contributed by atoms with Crippen molar-refractivity contribution in [3.63, 3.8) is 0 Å². The van der Waals surface area contributed by atoms with E-state index >= 15 is 0 Å². The van der Waals surface area contributed by atoms with Crippen LogP contribution in [-0.2, 0) is 6.54 Å². The van der Waals surface area contributed by atoms with Gasteiger partial charge in [-0.05, 0) is 44.4 Å². The molecular weight excluding hydrogens is 317 g/mol. The average Bonchev–Trinajstić information content (AvgIpc) is 2.79. The predicted molar refractivity (Wildman–Crippen MR) is 77.9 cm³/mol. The molecule has 0 aromatic heterocycles. The Morgan fingerprint density at radius 3 is 3.00 bits per heavy atom. The number of halogens is 3. The van der Waals surface area contributed by atoms with Crippen molar-refractivity contribution < 1.29 is 4.39 Å². The molecule has 1 atom stereocenters. The molecule has 1 nitrogen and oxygen atoms in total. The van der Waals surface area contributed by atoms with Gasteiger partial charge in [0, 0.05) is 28.5 Å². The smallest absolute Gasteiger partial charge is 0.129 e. The number of likely N-dealkylation sites (tertiary alicyclic amines) is 1. The maximum absolute atomic E-state index is 13.8. The Morgan fingerprint density at radius 2 is 2.28 bits per heavy atom. The molecule has 0 amide bonds. The minimum Gasteiger partial charge on any atom is -0.296 e. The van der Waals surface area contributed by atoms with Crippen LogP contribution in [-0.4, -0.2) is 22.8 Å². The lowest BCUT2D eigenvalue weighted by Crippen LogP contribution is -2.29. The van der Waals surface area contributed by atoms with Gasteiger partial charge in [-0.3, -0.25) is 4.90 Å². The van der Waals surface area contributed by atoms with Crippen LogP contribution in [0.15, 0.2) is 18.2 Å². The number of alkyl halides is 1. The summed E-state index contributed by atoms with van der Waals surface area (Å²) in [5.41, 5.74) is 0.643. The van der Waals surface area contributed by atoms with Crippen molar-refractivity contribution in [1.82, 2.24) is 4.90 Å². The van der Waals surface area contributed by atoms with Gasteiger partial charge in [-0.1, -0.05) is 33.6 Å². The molecule has 1 aromatic rings. The molecule has 1 heterocycles. The molecule has 1 aliphatic heterocycles. The van der Waals surface area contributed by atoms with E-state index in [0.29, 0.717) is 23.2 Å². The first-order valence-corrected chi connectivity index (χ1v) is 7.95. The monoisotopic (exact) mass is 333 g/mol. The largest absolute Gasteiger partial charge is 0.296 e.